The van der Waals surface area contributed by atoms with Crippen LogP contribution in [-0.2, 0) is 6.54 Å². The molecule has 5 heteroatoms. The summed E-state index contributed by atoms with van der Waals surface area (Å²) in [7, 11) is 0. The maximum Gasteiger partial charge on any atom is 0.171 e. The van der Waals surface area contributed by atoms with Crippen molar-refractivity contribution in [2.75, 3.05) is 0 Å². The Morgan fingerprint density at radius 3 is 2.94 bits per heavy atom. The normalized spacial score (nSPS) is 10.7. The van der Waals surface area contributed by atoms with Gasteiger partial charge in [-0.05, 0) is 17.7 Å². The predicted molar refractivity (Wildman–Crippen MR) is 66.3 cm³/mol. The largest absolute Gasteiger partial charge is 0.296 e. The average molecular weight is 238 g/mol. The predicted octanol–water partition coefficient (Wildman–Crippen LogP) is 1.69. The van der Waals surface area contributed by atoms with Crippen LogP contribution in [0, 0.1) is 0 Å². The van der Waals surface area contributed by atoms with Crippen molar-refractivity contribution >= 4 is 17.2 Å². The number of hydrogen-bond acceptors (Lipinski definition) is 4. The Morgan fingerprint density at radius 2 is 2.11 bits per heavy atom. The molecule has 18 heavy (non-hydrogen) atoms. The monoisotopic (exact) mass is 238 g/mol. The summed E-state index contributed by atoms with van der Waals surface area (Å²) in [6, 6.07) is 9.88. The molecule has 5 nitrogen and oxygen atoms in total. The number of aldehydes is 1. The van der Waals surface area contributed by atoms with E-state index in [2.05, 4.69) is 15.3 Å². The van der Waals surface area contributed by atoms with Gasteiger partial charge in [0.05, 0.1) is 18.3 Å². The van der Waals surface area contributed by atoms with Crippen molar-refractivity contribution in [2.45, 2.75) is 6.54 Å². The molecule has 0 fully saturated rings. The van der Waals surface area contributed by atoms with Crippen LogP contribution in [0.2, 0.25) is 0 Å². The number of nitrogens with zero attached hydrogens (tertiary/aromatic N) is 4. The lowest BCUT2D eigenvalue weighted by Crippen LogP contribution is -2.01. The van der Waals surface area contributed by atoms with Crippen LogP contribution in [0.15, 0.2) is 42.7 Å². The van der Waals surface area contributed by atoms with Gasteiger partial charge in [-0.3, -0.25) is 9.78 Å². The number of benzene rings is 1. The fraction of sp³-hybridized carbons (Fsp3) is 0.0769. The second kappa shape index (κ2) is 4.37. The summed E-state index contributed by atoms with van der Waals surface area (Å²) in [4.78, 5) is 14.9. The molecule has 0 spiro atoms. The number of carbonyl (C=O) groups is 1. The van der Waals surface area contributed by atoms with E-state index in [4.69, 9.17) is 0 Å². The van der Waals surface area contributed by atoms with Crippen LogP contribution in [0.25, 0.3) is 10.9 Å². The van der Waals surface area contributed by atoms with Crippen LogP contribution in [0.4, 0.5) is 0 Å². The molecule has 88 valence electrons. The molecule has 1 aromatic carbocycles. The van der Waals surface area contributed by atoms with Crippen molar-refractivity contribution in [1.29, 1.82) is 0 Å². The average Bonchev–Trinajstić information content (AvgIpc) is 2.87. The van der Waals surface area contributed by atoms with Gasteiger partial charge in [0.25, 0.3) is 0 Å². The molecule has 0 saturated heterocycles. The van der Waals surface area contributed by atoms with Crippen molar-refractivity contribution in [2.24, 2.45) is 0 Å². The molecule has 0 atom stereocenters. The van der Waals surface area contributed by atoms with Gasteiger partial charge in [0.1, 0.15) is 5.69 Å². The number of rotatable bonds is 3. The number of carbonyl (C=O) groups excluding carboxylic acids is 1. The molecule has 0 aliphatic rings. The van der Waals surface area contributed by atoms with E-state index in [0.29, 0.717) is 18.5 Å². The molecular formula is C13H10N4O. The van der Waals surface area contributed by atoms with Crippen LogP contribution in [0.1, 0.15) is 16.1 Å². The van der Waals surface area contributed by atoms with Crippen LogP contribution < -0.4 is 0 Å². The molecule has 0 radical (unpaired) electrons. The topological polar surface area (TPSA) is 60.7 Å². The third-order valence-electron chi connectivity index (χ3n) is 2.75. The second-order valence-corrected chi connectivity index (χ2v) is 3.95. The van der Waals surface area contributed by atoms with E-state index in [0.717, 1.165) is 16.5 Å². The molecular weight excluding hydrogens is 228 g/mol. The third-order valence-corrected chi connectivity index (χ3v) is 2.75. The van der Waals surface area contributed by atoms with Crippen molar-refractivity contribution < 1.29 is 4.79 Å². The summed E-state index contributed by atoms with van der Waals surface area (Å²) in [6.45, 7) is 0.573. The first-order chi connectivity index (χ1) is 8.86. The second-order valence-electron chi connectivity index (χ2n) is 3.95. The summed E-state index contributed by atoms with van der Waals surface area (Å²) in [5, 5.41) is 8.73. The van der Waals surface area contributed by atoms with Crippen LogP contribution >= 0.6 is 0 Å². The Morgan fingerprint density at radius 1 is 1.22 bits per heavy atom. The first kappa shape index (κ1) is 10.6. The van der Waals surface area contributed by atoms with Crippen LogP contribution in [0.3, 0.4) is 0 Å². The van der Waals surface area contributed by atoms with Gasteiger partial charge in [0.2, 0.25) is 0 Å². The lowest BCUT2D eigenvalue weighted by atomic mass is 10.1. The Kier molecular flexibility index (Phi) is 2.57. The maximum atomic E-state index is 10.6. The molecule has 2 heterocycles. The summed E-state index contributed by atoms with van der Waals surface area (Å²) >= 11 is 0. The first-order valence-corrected chi connectivity index (χ1v) is 5.55. The molecule has 3 rings (SSSR count). The molecule has 0 aliphatic heterocycles. The number of para-hydroxylation sites is 1. The quantitative estimate of drug-likeness (QED) is 0.651. The zero-order valence-electron chi connectivity index (χ0n) is 9.52. The van der Waals surface area contributed by atoms with Gasteiger partial charge < -0.3 is 0 Å². The van der Waals surface area contributed by atoms with E-state index in [1.165, 1.54) is 0 Å². The van der Waals surface area contributed by atoms with E-state index in [1.807, 2.05) is 30.3 Å². The summed E-state index contributed by atoms with van der Waals surface area (Å²) in [5.41, 5.74) is 2.39. The third kappa shape index (κ3) is 1.86. The smallest absolute Gasteiger partial charge is 0.171 e. The van der Waals surface area contributed by atoms with Gasteiger partial charge in [-0.2, -0.15) is 0 Å². The van der Waals surface area contributed by atoms with Gasteiger partial charge in [0, 0.05) is 11.6 Å². The number of fused-ring (bicyclic) bond motifs is 1. The van der Waals surface area contributed by atoms with Crippen molar-refractivity contribution in [1.82, 2.24) is 20.0 Å². The van der Waals surface area contributed by atoms with E-state index in [9.17, 15) is 4.79 Å². The van der Waals surface area contributed by atoms with Gasteiger partial charge in [-0.25, -0.2) is 4.68 Å². The van der Waals surface area contributed by atoms with Crippen molar-refractivity contribution in [3.05, 3.63) is 54.0 Å². The minimum atomic E-state index is 0.341. The van der Waals surface area contributed by atoms with Gasteiger partial charge in [-0.15, -0.1) is 5.10 Å². The molecule has 0 aliphatic carbocycles. The zero-order valence-corrected chi connectivity index (χ0v) is 9.52. The minimum absolute atomic E-state index is 0.341. The van der Waals surface area contributed by atoms with Crippen LogP contribution in [0.5, 0.6) is 0 Å². The van der Waals surface area contributed by atoms with E-state index < -0.39 is 0 Å². The highest BCUT2D eigenvalue weighted by atomic mass is 16.1. The van der Waals surface area contributed by atoms with Gasteiger partial charge >= 0.3 is 0 Å². The molecule has 0 amide bonds. The first-order valence-electron chi connectivity index (χ1n) is 5.55. The molecule has 0 unspecified atom stereocenters. The highest BCUT2D eigenvalue weighted by molar-refractivity contribution is 5.81. The Labute approximate surface area is 103 Å². The van der Waals surface area contributed by atoms with E-state index >= 15 is 0 Å². The lowest BCUT2D eigenvalue weighted by molar-refractivity contribution is 0.111. The Bertz CT molecular complexity index is 700. The maximum absolute atomic E-state index is 10.6. The fourth-order valence-electron chi connectivity index (χ4n) is 1.91. The summed E-state index contributed by atoms with van der Waals surface area (Å²) in [5.74, 6) is 0. The molecule has 3 aromatic rings. The summed E-state index contributed by atoms with van der Waals surface area (Å²) in [6.07, 6.45) is 4.09. The highest BCUT2D eigenvalue weighted by Gasteiger charge is 2.04. The highest BCUT2D eigenvalue weighted by Crippen LogP contribution is 2.16. The van der Waals surface area contributed by atoms with Crippen LogP contribution in [-0.4, -0.2) is 26.3 Å². The van der Waals surface area contributed by atoms with Crippen molar-refractivity contribution in [3.8, 4) is 0 Å². The Hall–Kier alpha value is -2.56. The van der Waals surface area contributed by atoms with Crippen molar-refractivity contribution in [3.63, 3.8) is 0 Å². The standard InChI is InChI=1S/C13H10N4O/c18-9-11-8-17(16-15-11)7-10-5-6-14-13-4-2-1-3-12(10)13/h1-6,8-9H,7H2. The fourth-order valence-corrected chi connectivity index (χ4v) is 1.91. The van der Waals surface area contributed by atoms with Gasteiger partial charge in [-0.1, -0.05) is 23.4 Å². The van der Waals surface area contributed by atoms with Gasteiger partial charge in [0.15, 0.2) is 6.29 Å². The Balaban J connectivity index is 2.01. The number of aromatic nitrogens is 4. The minimum Gasteiger partial charge on any atom is -0.296 e. The number of hydrogen-bond donors (Lipinski definition) is 0. The molecule has 0 saturated carbocycles. The molecule has 0 bridgehead atoms. The lowest BCUT2D eigenvalue weighted by Gasteiger charge is -2.05. The summed E-state index contributed by atoms with van der Waals surface area (Å²) < 4.78 is 1.64. The molecule has 2 aromatic heterocycles. The number of pyridine rings is 1. The zero-order chi connectivity index (χ0) is 12.4. The molecule has 0 N–H and O–H groups in total. The van der Waals surface area contributed by atoms with E-state index in [1.54, 1.807) is 17.1 Å². The van der Waals surface area contributed by atoms with E-state index in [-0.39, 0.29) is 0 Å². The SMILES string of the molecule is O=Cc1cn(Cc2ccnc3ccccc23)nn1.